The number of hydrogen-bond donors (Lipinski definition) is 3. The Morgan fingerprint density at radius 2 is 2.07 bits per heavy atom. The van der Waals surface area contributed by atoms with Gasteiger partial charge in [0.05, 0.1) is 22.5 Å². The molecule has 2 fully saturated rings. The first-order valence-electron chi connectivity index (χ1n) is 9.77. The summed E-state index contributed by atoms with van der Waals surface area (Å²) in [6, 6.07) is 4.38. The van der Waals surface area contributed by atoms with Crippen LogP contribution in [0.5, 0.6) is 0 Å². The number of anilines is 1. The van der Waals surface area contributed by atoms with Crippen molar-refractivity contribution in [3.8, 4) is 0 Å². The SMILES string of the molecule is COCCCN1C(=O)C2C(CCC(=O)O)NC3(C(=O)Nc4c(Cl)cccc43)C2C1=O. The molecular weight excluding hydrogens is 414 g/mol. The second-order valence-corrected chi connectivity index (χ2v) is 8.19. The van der Waals surface area contributed by atoms with Crippen molar-refractivity contribution in [2.75, 3.05) is 25.6 Å². The molecule has 4 rings (SSSR count). The van der Waals surface area contributed by atoms with E-state index in [-0.39, 0.29) is 25.3 Å². The highest BCUT2D eigenvalue weighted by Crippen LogP contribution is 2.54. The molecule has 3 aliphatic rings. The van der Waals surface area contributed by atoms with Gasteiger partial charge in [-0.05, 0) is 18.9 Å². The van der Waals surface area contributed by atoms with E-state index in [0.717, 1.165) is 0 Å². The minimum atomic E-state index is -1.46. The topological polar surface area (TPSA) is 125 Å². The van der Waals surface area contributed by atoms with E-state index in [2.05, 4.69) is 10.6 Å². The monoisotopic (exact) mass is 435 g/mol. The molecule has 3 N–H and O–H groups in total. The summed E-state index contributed by atoms with van der Waals surface area (Å²) in [6.45, 7) is 0.571. The lowest BCUT2D eigenvalue weighted by Gasteiger charge is -2.29. The van der Waals surface area contributed by atoms with Gasteiger partial charge >= 0.3 is 5.97 Å². The molecule has 1 aromatic rings. The highest BCUT2D eigenvalue weighted by Gasteiger charge is 2.70. The molecule has 1 aromatic carbocycles. The number of imide groups is 1. The lowest BCUT2D eigenvalue weighted by molar-refractivity contribution is -0.143. The van der Waals surface area contributed by atoms with Crippen molar-refractivity contribution in [1.29, 1.82) is 0 Å². The highest BCUT2D eigenvalue weighted by atomic mass is 35.5. The van der Waals surface area contributed by atoms with E-state index < -0.39 is 41.2 Å². The van der Waals surface area contributed by atoms with Crippen molar-refractivity contribution >= 4 is 41.0 Å². The van der Waals surface area contributed by atoms with Crippen LogP contribution in [0.4, 0.5) is 5.69 Å². The maximum Gasteiger partial charge on any atom is 0.303 e. The summed E-state index contributed by atoms with van der Waals surface area (Å²) >= 11 is 6.26. The quantitative estimate of drug-likeness (QED) is 0.430. The first kappa shape index (κ1) is 20.8. The normalized spacial score (nSPS) is 29.5. The van der Waals surface area contributed by atoms with Crippen LogP contribution >= 0.6 is 11.6 Å². The second kappa shape index (κ2) is 7.64. The third-order valence-electron chi connectivity index (χ3n) is 6.19. The summed E-state index contributed by atoms with van der Waals surface area (Å²) in [5.74, 6) is -4.08. The van der Waals surface area contributed by atoms with E-state index in [4.69, 9.17) is 21.4 Å². The molecular formula is C20H22ClN3O6. The molecule has 3 amide bonds. The van der Waals surface area contributed by atoms with Gasteiger partial charge in [-0.1, -0.05) is 23.7 Å². The zero-order chi connectivity index (χ0) is 21.6. The number of nitrogens with zero attached hydrogens (tertiary/aromatic N) is 1. The number of nitrogens with one attached hydrogen (secondary N) is 2. The molecule has 9 nitrogen and oxygen atoms in total. The van der Waals surface area contributed by atoms with E-state index in [0.29, 0.717) is 29.3 Å². The summed E-state index contributed by atoms with van der Waals surface area (Å²) in [7, 11) is 1.53. The number of fused-ring (bicyclic) bond motifs is 4. The fraction of sp³-hybridized carbons (Fsp3) is 0.500. The molecule has 1 spiro atoms. The molecule has 3 aliphatic heterocycles. The van der Waals surface area contributed by atoms with Gasteiger partial charge in [-0.25, -0.2) is 0 Å². The Labute approximate surface area is 177 Å². The molecule has 0 radical (unpaired) electrons. The summed E-state index contributed by atoms with van der Waals surface area (Å²) < 4.78 is 5.02. The number of rotatable bonds is 7. The van der Waals surface area contributed by atoms with Crippen molar-refractivity contribution in [2.45, 2.75) is 30.8 Å². The Morgan fingerprint density at radius 1 is 1.30 bits per heavy atom. The number of amides is 3. The van der Waals surface area contributed by atoms with Gasteiger partial charge in [-0.2, -0.15) is 0 Å². The first-order chi connectivity index (χ1) is 14.3. The van der Waals surface area contributed by atoms with Crippen LogP contribution in [-0.4, -0.2) is 60.0 Å². The average molecular weight is 436 g/mol. The van der Waals surface area contributed by atoms with E-state index in [1.807, 2.05) is 0 Å². The summed E-state index contributed by atoms with van der Waals surface area (Å²) in [6.07, 6.45) is 0.404. The van der Waals surface area contributed by atoms with Gasteiger partial charge in [0.15, 0.2) is 0 Å². The minimum Gasteiger partial charge on any atom is -0.481 e. The number of carbonyl (C=O) groups is 4. The molecule has 0 aromatic heterocycles. The van der Waals surface area contributed by atoms with E-state index >= 15 is 0 Å². The van der Waals surface area contributed by atoms with Gasteiger partial charge < -0.3 is 15.2 Å². The van der Waals surface area contributed by atoms with Gasteiger partial charge in [0.2, 0.25) is 17.7 Å². The van der Waals surface area contributed by atoms with Crippen molar-refractivity contribution in [2.24, 2.45) is 11.8 Å². The lowest BCUT2D eigenvalue weighted by atomic mass is 9.76. The number of benzene rings is 1. The van der Waals surface area contributed by atoms with Crippen LogP contribution in [-0.2, 0) is 29.5 Å². The van der Waals surface area contributed by atoms with Crippen molar-refractivity contribution in [1.82, 2.24) is 10.2 Å². The van der Waals surface area contributed by atoms with Gasteiger partial charge in [0.25, 0.3) is 0 Å². The van der Waals surface area contributed by atoms with Crippen LogP contribution in [0, 0.1) is 11.8 Å². The number of methoxy groups -OCH3 is 1. The minimum absolute atomic E-state index is 0.117. The average Bonchev–Trinajstić information content (AvgIpc) is 3.28. The first-order valence-corrected chi connectivity index (χ1v) is 10.1. The van der Waals surface area contributed by atoms with E-state index in [9.17, 15) is 19.2 Å². The fourth-order valence-electron chi connectivity index (χ4n) is 4.97. The summed E-state index contributed by atoms with van der Waals surface area (Å²) in [4.78, 5) is 52.1. The van der Waals surface area contributed by atoms with Crippen molar-refractivity contribution < 1.29 is 29.0 Å². The Bertz CT molecular complexity index is 937. The fourth-order valence-corrected chi connectivity index (χ4v) is 5.19. The van der Waals surface area contributed by atoms with Gasteiger partial charge in [-0.3, -0.25) is 29.4 Å². The molecule has 4 unspecified atom stereocenters. The number of carbonyl (C=O) groups excluding carboxylic acids is 3. The van der Waals surface area contributed by atoms with Crippen molar-refractivity contribution in [3.05, 3.63) is 28.8 Å². The summed E-state index contributed by atoms with van der Waals surface area (Å²) in [5.41, 5.74) is -0.545. The van der Waals surface area contributed by atoms with Gasteiger partial charge in [0, 0.05) is 38.3 Å². The van der Waals surface area contributed by atoms with Crippen LogP contribution in [0.15, 0.2) is 18.2 Å². The number of hydrogen-bond acceptors (Lipinski definition) is 6. The maximum atomic E-state index is 13.4. The Morgan fingerprint density at radius 3 is 2.77 bits per heavy atom. The molecule has 4 atom stereocenters. The van der Waals surface area contributed by atoms with Crippen molar-refractivity contribution in [3.63, 3.8) is 0 Å². The Balaban J connectivity index is 1.77. The van der Waals surface area contributed by atoms with Crippen LogP contribution in [0.3, 0.4) is 0 Å². The molecule has 160 valence electrons. The molecule has 30 heavy (non-hydrogen) atoms. The Kier molecular flexibility index (Phi) is 5.29. The molecule has 2 saturated heterocycles. The predicted molar refractivity (Wildman–Crippen MR) is 106 cm³/mol. The number of halogens is 1. The largest absolute Gasteiger partial charge is 0.481 e. The number of aliphatic carboxylic acids is 1. The zero-order valence-corrected chi connectivity index (χ0v) is 17.1. The third kappa shape index (κ3) is 2.91. The zero-order valence-electron chi connectivity index (χ0n) is 16.3. The summed E-state index contributed by atoms with van der Waals surface area (Å²) in [5, 5.41) is 15.4. The number of carboxylic acids is 1. The van der Waals surface area contributed by atoms with E-state index in [1.54, 1.807) is 18.2 Å². The molecule has 0 saturated carbocycles. The highest BCUT2D eigenvalue weighted by molar-refractivity contribution is 6.35. The predicted octanol–water partition coefficient (Wildman–Crippen LogP) is 0.962. The maximum absolute atomic E-state index is 13.4. The van der Waals surface area contributed by atoms with Crippen LogP contribution in [0.1, 0.15) is 24.8 Å². The smallest absolute Gasteiger partial charge is 0.303 e. The molecule has 0 aliphatic carbocycles. The van der Waals surface area contributed by atoms with Gasteiger partial charge in [-0.15, -0.1) is 0 Å². The van der Waals surface area contributed by atoms with Crippen LogP contribution < -0.4 is 10.6 Å². The second-order valence-electron chi connectivity index (χ2n) is 7.79. The Hall–Kier alpha value is -2.49. The van der Waals surface area contributed by atoms with Crippen LogP contribution in [0.2, 0.25) is 5.02 Å². The molecule has 10 heteroatoms. The lowest BCUT2D eigenvalue weighted by Crippen LogP contribution is -2.53. The number of ether oxygens (including phenoxy) is 1. The van der Waals surface area contributed by atoms with Gasteiger partial charge in [0.1, 0.15) is 5.54 Å². The van der Waals surface area contributed by atoms with Crippen LogP contribution in [0.25, 0.3) is 0 Å². The number of likely N-dealkylation sites (tertiary alicyclic amines) is 1. The standard InChI is InChI=1S/C20H22ClN3O6/c1-30-9-3-8-24-17(27)14-12(6-7-13(25)26)23-20(15(14)18(24)28)10-4-2-5-11(21)16(10)22-19(20)29/h2,4-5,12,14-15,23H,3,6-9H2,1H3,(H,22,29)(H,25,26). The molecule has 0 bridgehead atoms. The third-order valence-corrected chi connectivity index (χ3v) is 6.50. The number of carboxylic acid groups (broad SMARTS) is 1. The molecule has 3 heterocycles. The van der Waals surface area contributed by atoms with E-state index in [1.165, 1.54) is 12.0 Å². The number of para-hydroxylation sites is 1.